The van der Waals surface area contributed by atoms with Gasteiger partial charge in [0.25, 0.3) is 0 Å². The van der Waals surface area contributed by atoms with Gasteiger partial charge in [0.2, 0.25) is 0 Å². The first-order chi connectivity index (χ1) is 11.8. The van der Waals surface area contributed by atoms with Gasteiger partial charge in [-0.05, 0) is 41.5 Å². The van der Waals surface area contributed by atoms with Gasteiger partial charge >= 0.3 is 16.5 Å². The summed E-state index contributed by atoms with van der Waals surface area (Å²) in [6.07, 6.45) is 7.65. The number of hydrogen-bond acceptors (Lipinski definition) is 3. The van der Waals surface area contributed by atoms with E-state index in [1.54, 1.807) is 13.8 Å². The third-order valence-corrected chi connectivity index (χ3v) is 9.45. The van der Waals surface area contributed by atoms with Gasteiger partial charge in [0.15, 0.2) is 5.97 Å². The average Bonchev–Trinajstić information content (AvgIpc) is 2.51. The summed E-state index contributed by atoms with van der Waals surface area (Å²) in [5, 5.41) is 5.63. The van der Waals surface area contributed by atoms with Crippen molar-refractivity contribution in [2.75, 3.05) is 13.3 Å². The normalized spacial score (nSPS) is 15.2. The first-order valence-corrected chi connectivity index (χ1v) is 11.9. The number of ether oxygens (including phenoxy) is 1. The molecule has 3 nitrogen and oxygen atoms in total. The molecule has 27 heavy (non-hydrogen) atoms. The molecule has 0 heterocycles. The van der Waals surface area contributed by atoms with E-state index < -0.39 is 7.92 Å². The van der Waals surface area contributed by atoms with Crippen LogP contribution in [0.15, 0.2) is 0 Å². The first-order valence-electron chi connectivity index (χ1n) is 9.78. The molecule has 0 N–H and O–H groups in total. The molecule has 0 aromatic carbocycles. The van der Waals surface area contributed by atoms with Crippen LogP contribution in [0.3, 0.4) is 0 Å². The Bertz CT molecular complexity index is 424. The van der Waals surface area contributed by atoms with Crippen LogP contribution in [0.1, 0.15) is 87.5 Å². The van der Waals surface area contributed by atoms with Gasteiger partial charge in [-0.3, -0.25) is 10.7 Å². The number of esters is 1. The standard InChI is InChI=1S/C16H32NPS.C5H9O2.Ni/c1-15(2,3)18(16(4,5)6)12-14(19)17-13-10-8-7-9-11-13;1-4(2)5(6)7-3;/h13H,7-12H2,1-6H3,(H,17,19);1-3H3;/q;-1;+2. The van der Waals surface area contributed by atoms with Crippen molar-refractivity contribution in [2.24, 2.45) is 0 Å². The first kappa shape index (κ1) is 29.4. The topological polar surface area (TPSA) is 40.4 Å². The quantitative estimate of drug-likeness (QED) is 0.156. The van der Waals surface area contributed by atoms with Gasteiger partial charge in [0, 0.05) is 7.92 Å². The van der Waals surface area contributed by atoms with E-state index in [1.165, 1.54) is 39.2 Å². The molecule has 162 valence electrons. The minimum absolute atomic E-state index is 0. The fourth-order valence-corrected chi connectivity index (χ4v) is 7.76. The molecule has 1 aliphatic rings. The second-order valence-corrected chi connectivity index (χ2v) is 14.2. The smallest absolute Gasteiger partial charge is 0.673 e. The molecule has 1 rings (SSSR count). The predicted molar refractivity (Wildman–Crippen MR) is 122 cm³/mol. The van der Waals surface area contributed by atoms with Crippen molar-refractivity contribution >= 4 is 31.1 Å². The number of carbonyl (C=O) groups excluding carboxylic acids is 1. The SMILES string of the molecule is CC(C)(C)[PH+](CC(=S)[N-]C1CCCCC1)C(C)(C)C.COC(=O)[C-](C)C.[Ni+2]. The maximum absolute atomic E-state index is 10.3. The van der Waals surface area contributed by atoms with Crippen molar-refractivity contribution in [3.63, 3.8) is 0 Å². The van der Waals surface area contributed by atoms with E-state index in [0.717, 1.165) is 11.2 Å². The molecule has 1 aliphatic carbocycles. The second-order valence-electron chi connectivity index (χ2n) is 9.46. The minimum atomic E-state index is -0.560. The molecule has 6 heteroatoms. The van der Waals surface area contributed by atoms with Crippen molar-refractivity contribution in [2.45, 2.75) is 104 Å². The second kappa shape index (κ2) is 13.4. The Morgan fingerprint density at radius 3 is 1.81 bits per heavy atom. The predicted octanol–water partition coefficient (Wildman–Crippen LogP) is 6.60. The fourth-order valence-electron chi connectivity index (χ4n) is 3.47. The zero-order chi connectivity index (χ0) is 20.5. The molecule has 0 radical (unpaired) electrons. The van der Waals surface area contributed by atoms with E-state index in [4.69, 9.17) is 17.5 Å². The van der Waals surface area contributed by atoms with Crippen molar-refractivity contribution in [1.82, 2.24) is 0 Å². The van der Waals surface area contributed by atoms with Crippen LogP contribution >= 0.6 is 20.1 Å². The Hall–Kier alpha value is 0.154. The summed E-state index contributed by atoms with van der Waals surface area (Å²) in [7, 11) is 0.811. The van der Waals surface area contributed by atoms with Gasteiger partial charge in [-0.25, -0.2) is 0 Å². The molecule has 0 aliphatic heterocycles. The average molecular weight is 461 g/mol. The van der Waals surface area contributed by atoms with Crippen molar-refractivity contribution in [3.8, 4) is 0 Å². The Labute approximate surface area is 185 Å². The van der Waals surface area contributed by atoms with Gasteiger partial charge < -0.3 is 10.1 Å². The number of carbonyl (C=O) groups is 1. The molecule has 0 aromatic rings. The Kier molecular flexibility index (Phi) is 14.6. The van der Waals surface area contributed by atoms with Gasteiger partial charge in [0.1, 0.15) is 0 Å². The van der Waals surface area contributed by atoms with Crippen LogP contribution in [-0.4, -0.2) is 40.6 Å². The van der Waals surface area contributed by atoms with Crippen LogP contribution < -0.4 is 0 Å². The van der Waals surface area contributed by atoms with E-state index in [2.05, 4.69) is 46.3 Å². The summed E-state index contributed by atoms with van der Waals surface area (Å²) in [6.45, 7) is 17.7. The molecule has 0 unspecified atom stereocenters. The van der Waals surface area contributed by atoms with Crippen LogP contribution in [0.5, 0.6) is 0 Å². The van der Waals surface area contributed by atoms with Crippen LogP contribution in [0.25, 0.3) is 5.32 Å². The minimum Gasteiger partial charge on any atom is -0.673 e. The summed E-state index contributed by atoms with van der Waals surface area (Å²) < 4.78 is 4.34. The molecule has 1 fully saturated rings. The van der Waals surface area contributed by atoms with Crippen molar-refractivity contribution in [3.05, 3.63) is 11.2 Å². The van der Waals surface area contributed by atoms with Gasteiger partial charge in [0.05, 0.1) is 23.6 Å². The van der Waals surface area contributed by atoms with Gasteiger partial charge in [-0.1, -0.05) is 37.1 Å². The Morgan fingerprint density at radius 2 is 1.52 bits per heavy atom. The zero-order valence-corrected chi connectivity index (χ0v) is 21.6. The number of nitrogens with zero attached hydrogens (tertiary/aromatic N) is 1. The van der Waals surface area contributed by atoms with Crippen LogP contribution in [0.4, 0.5) is 0 Å². The van der Waals surface area contributed by atoms with E-state index in [-0.39, 0.29) is 22.5 Å². The van der Waals surface area contributed by atoms with E-state index >= 15 is 0 Å². The molecule has 0 spiro atoms. The van der Waals surface area contributed by atoms with E-state index in [9.17, 15) is 4.79 Å². The summed E-state index contributed by atoms with van der Waals surface area (Å²) in [5.41, 5.74) is 0. The molecule has 0 aromatic heterocycles. The Balaban J connectivity index is 0. The molecule has 0 saturated heterocycles. The summed E-state index contributed by atoms with van der Waals surface area (Å²) in [5.74, 6) is 0.447. The molecular weight excluding hydrogens is 420 g/mol. The number of thiocarbonyl (C=S) groups is 1. The van der Waals surface area contributed by atoms with Crippen LogP contribution in [0.2, 0.25) is 0 Å². The molecule has 0 atom stereocenters. The molecule has 0 bridgehead atoms. The van der Waals surface area contributed by atoms with E-state index in [0.29, 0.717) is 22.3 Å². The summed E-state index contributed by atoms with van der Waals surface area (Å²) >= 11 is 5.61. The molecule has 0 amide bonds. The van der Waals surface area contributed by atoms with Crippen LogP contribution in [-0.2, 0) is 26.0 Å². The summed E-state index contributed by atoms with van der Waals surface area (Å²) in [4.78, 5) is 11.3. The molecule has 1 saturated carbocycles. The van der Waals surface area contributed by atoms with Gasteiger partial charge in [-0.2, -0.15) is 13.8 Å². The monoisotopic (exact) mass is 460 g/mol. The Morgan fingerprint density at radius 1 is 1.07 bits per heavy atom. The maximum atomic E-state index is 10.3. The number of rotatable bonds is 4. The number of methoxy groups -OCH3 is 1. The molecular formula is C21H41NNiO2PS+. The van der Waals surface area contributed by atoms with Crippen LogP contribution in [0, 0.1) is 5.92 Å². The van der Waals surface area contributed by atoms with Crippen molar-refractivity contribution < 1.29 is 26.0 Å². The third kappa shape index (κ3) is 13.1. The summed E-state index contributed by atoms with van der Waals surface area (Å²) in [6, 6.07) is 0.532. The largest absolute Gasteiger partial charge is 2.00 e. The zero-order valence-electron chi connectivity index (χ0n) is 18.8. The fraction of sp³-hybridized carbons (Fsp3) is 0.857. The maximum Gasteiger partial charge on any atom is 2.00 e. The number of hydrogen-bond donors (Lipinski definition) is 0. The third-order valence-electron chi connectivity index (χ3n) is 4.63. The van der Waals surface area contributed by atoms with Crippen molar-refractivity contribution in [1.29, 1.82) is 0 Å². The van der Waals surface area contributed by atoms with Gasteiger partial charge in [-0.15, -0.1) is 18.3 Å². The van der Waals surface area contributed by atoms with E-state index in [1.807, 2.05) is 0 Å².